The molecule has 3 unspecified atom stereocenters. The van der Waals surface area contributed by atoms with Crippen LogP contribution in [0.25, 0.3) is 10.9 Å². The monoisotopic (exact) mass is 473 g/mol. The molecule has 3 N–H and O–H groups in total. The van der Waals surface area contributed by atoms with Gasteiger partial charge in [-0.15, -0.1) is 11.8 Å². The second-order valence-electron chi connectivity index (χ2n) is 7.46. The standard InChI is InChI=1S/C21H19N3O8S/c1-10(25)32-8-12-9-33-19-14(18(27)24(19)15(12)20(28)29)22-17(26)16(21(30)31)23-7-6-11-4-2-3-5-13(11)23/h2-7,14,16,19H,8-9H2,1H3,(H,22,26)(H,28,29)(H,30,31). The van der Waals surface area contributed by atoms with E-state index in [-0.39, 0.29) is 23.6 Å². The first-order valence-electron chi connectivity index (χ1n) is 9.82. The summed E-state index contributed by atoms with van der Waals surface area (Å²) in [4.78, 5) is 61.5. The summed E-state index contributed by atoms with van der Waals surface area (Å²) < 4.78 is 6.19. The third-order valence-electron chi connectivity index (χ3n) is 5.39. The van der Waals surface area contributed by atoms with Crippen molar-refractivity contribution >= 4 is 52.4 Å². The van der Waals surface area contributed by atoms with Gasteiger partial charge >= 0.3 is 17.9 Å². The Bertz CT molecular complexity index is 1220. The van der Waals surface area contributed by atoms with E-state index in [2.05, 4.69) is 5.32 Å². The number of aromatic nitrogens is 1. The van der Waals surface area contributed by atoms with Crippen molar-refractivity contribution in [2.75, 3.05) is 12.4 Å². The van der Waals surface area contributed by atoms with E-state index in [0.29, 0.717) is 5.52 Å². The highest BCUT2D eigenvalue weighted by Crippen LogP contribution is 2.40. The molecule has 0 aliphatic carbocycles. The second-order valence-corrected chi connectivity index (χ2v) is 8.56. The van der Waals surface area contributed by atoms with Crippen LogP contribution in [0.15, 0.2) is 47.8 Å². The molecule has 3 heterocycles. The molecule has 1 aromatic carbocycles. The van der Waals surface area contributed by atoms with E-state index in [1.807, 2.05) is 0 Å². The Morgan fingerprint density at radius 2 is 1.94 bits per heavy atom. The number of carboxylic acids is 2. The molecule has 3 atom stereocenters. The predicted molar refractivity (Wildman–Crippen MR) is 115 cm³/mol. The fourth-order valence-electron chi connectivity index (χ4n) is 3.90. The Morgan fingerprint density at radius 3 is 2.61 bits per heavy atom. The summed E-state index contributed by atoms with van der Waals surface area (Å²) in [6.45, 7) is 0.923. The van der Waals surface area contributed by atoms with E-state index in [9.17, 15) is 34.2 Å². The summed E-state index contributed by atoms with van der Waals surface area (Å²) in [5.74, 6) is -4.75. The van der Waals surface area contributed by atoms with Gasteiger partial charge in [-0.1, -0.05) is 18.2 Å². The third kappa shape index (κ3) is 3.93. The van der Waals surface area contributed by atoms with E-state index >= 15 is 0 Å². The maximum Gasteiger partial charge on any atom is 0.352 e. The van der Waals surface area contributed by atoms with E-state index in [0.717, 1.165) is 10.3 Å². The van der Waals surface area contributed by atoms with Gasteiger partial charge in [-0.2, -0.15) is 0 Å². The number of thioether (sulfide) groups is 1. The fourth-order valence-corrected chi connectivity index (χ4v) is 5.23. The molecule has 2 aliphatic rings. The number of carbonyl (C=O) groups is 5. The van der Waals surface area contributed by atoms with Crippen LogP contribution in [-0.4, -0.2) is 73.2 Å². The van der Waals surface area contributed by atoms with Crippen molar-refractivity contribution in [3.8, 4) is 0 Å². The quantitative estimate of drug-likeness (QED) is 0.297. The highest BCUT2D eigenvalue weighted by Gasteiger charge is 2.54. The van der Waals surface area contributed by atoms with Crippen LogP contribution in [0.1, 0.15) is 13.0 Å². The molecular weight excluding hydrogens is 454 g/mol. The molecule has 1 fully saturated rings. The van der Waals surface area contributed by atoms with Crippen LogP contribution in [0.2, 0.25) is 0 Å². The second kappa shape index (κ2) is 8.62. The van der Waals surface area contributed by atoms with Crippen LogP contribution in [0, 0.1) is 0 Å². The SMILES string of the molecule is CC(=O)OCC1=C(C(=O)O)N2C(=O)C(NC(=O)C(C(=O)O)n3ccc4ccccc43)C2SC1. The van der Waals surface area contributed by atoms with Crippen LogP contribution < -0.4 is 5.32 Å². The molecule has 2 aliphatic heterocycles. The lowest BCUT2D eigenvalue weighted by Gasteiger charge is -2.49. The molecule has 0 saturated carbocycles. The zero-order valence-corrected chi connectivity index (χ0v) is 18.1. The molecule has 12 heteroatoms. The number of nitrogens with zero attached hydrogens (tertiary/aromatic N) is 2. The molecule has 1 saturated heterocycles. The lowest BCUT2D eigenvalue weighted by Crippen LogP contribution is -2.71. The molecule has 2 amide bonds. The van der Waals surface area contributed by atoms with Crippen molar-refractivity contribution in [2.24, 2.45) is 0 Å². The van der Waals surface area contributed by atoms with E-state index in [1.54, 1.807) is 30.3 Å². The molecule has 0 bridgehead atoms. The minimum Gasteiger partial charge on any atom is -0.479 e. The van der Waals surface area contributed by atoms with Gasteiger partial charge in [-0.25, -0.2) is 9.59 Å². The lowest BCUT2D eigenvalue weighted by atomic mass is 10.0. The first-order valence-corrected chi connectivity index (χ1v) is 10.9. The normalized spacial score (nSPS) is 20.6. The maximum atomic E-state index is 12.9. The molecule has 33 heavy (non-hydrogen) atoms. The van der Waals surface area contributed by atoms with Crippen molar-refractivity contribution in [1.29, 1.82) is 0 Å². The van der Waals surface area contributed by atoms with Crippen molar-refractivity contribution in [2.45, 2.75) is 24.4 Å². The number of ether oxygens (including phenoxy) is 1. The summed E-state index contributed by atoms with van der Waals surface area (Å²) in [5.41, 5.74) is 0.515. The number of carbonyl (C=O) groups excluding carboxylic acids is 3. The van der Waals surface area contributed by atoms with Crippen molar-refractivity contribution in [3.63, 3.8) is 0 Å². The van der Waals surface area contributed by atoms with Crippen LogP contribution in [0.3, 0.4) is 0 Å². The number of benzene rings is 1. The van der Waals surface area contributed by atoms with Gasteiger partial charge in [0.05, 0.1) is 0 Å². The molecule has 11 nitrogen and oxygen atoms in total. The fraction of sp³-hybridized carbons (Fsp3) is 0.286. The average molecular weight is 473 g/mol. The Labute approximate surface area is 191 Å². The first-order chi connectivity index (χ1) is 15.7. The van der Waals surface area contributed by atoms with Crippen LogP contribution in [0.4, 0.5) is 0 Å². The number of rotatable bonds is 7. The molecule has 0 radical (unpaired) electrons. The molecule has 0 spiro atoms. The number of β-lactam (4-membered cyclic amide) rings is 1. The minimum absolute atomic E-state index is 0.167. The number of para-hydroxylation sites is 1. The summed E-state index contributed by atoms with van der Waals surface area (Å²) in [6.07, 6.45) is 1.49. The third-order valence-corrected chi connectivity index (χ3v) is 6.73. The number of carboxylic acid groups (broad SMARTS) is 2. The van der Waals surface area contributed by atoms with Gasteiger partial charge in [0.1, 0.15) is 23.7 Å². The Morgan fingerprint density at radius 1 is 1.21 bits per heavy atom. The zero-order valence-electron chi connectivity index (χ0n) is 17.3. The van der Waals surface area contributed by atoms with Crippen molar-refractivity contribution < 1.29 is 38.9 Å². The van der Waals surface area contributed by atoms with Gasteiger partial charge in [0.15, 0.2) is 0 Å². The molecule has 172 valence electrons. The lowest BCUT2D eigenvalue weighted by molar-refractivity contribution is -0.153. The summed E-state index contributed by atoms with van der Waals surface area (Å²) in [6, 6.07) is 5.94. The molecule has 2 aromatic rings. The summed E-state index contributed by atoms with van der Waals surface area (Å²) in [7, 11) is 0. The van der Waals surface area contributed by atoms with Crippen LogP contribution in [-0.2, 0) is 28.7 Å². The number of aliphatic carboxylic acids is 2. The number of amides is 2. The molecule has 1 aromatic heterocycles. The topological polar surface area (TPSA) is 155 Å². The number of nitrogens with one attached hydrogen (secondary N) is 1. The van der Waals surface area contributed by atoms with Crippen LogP contribution >= 0.6 is 11.8 Å². The summed E-state index contributed by atoms with van der Waals surface area (Å²) in [5, 5.41) is 21.8. The van der Waals surface area contributed by atoms with Gasteiger partial charge in [0, 0.05) is 30.0 Å². The highest BCUT2D eigenvalue weighted by atomic mass is 32.2. The molecule has 4 rings (SSSR count). The van der Waals surface area contributed by atoms with Gasteiger partial charge in [0.25, 0.3) is 11.8 Å². The van der Waals surface area contributed by atoms with Crippen molar-refractivity contribution in [3.05, 3.63) is 47.8 Å². The maximum absolute atomic E-state index is 12.9. The van der Waals surface area contributed by atoms with Gasteiger partial charge in [0.2, 0.25) is 6.04 Å². The first kappa shape index (κ1) is 22.4. The smallest absolute Gasteiger partial charge is 0.352 e. The predicted octanol–water partition coefficient (Wildman–Crippen LogP) is 0.569. The van der Waals surface area contributed by atoms with Crippen molar-refractivity contribution in [1.82, 2.24) is 14.8 Å². The van der Waals surface area contributed by atoms with E-state index in [1.165, 1.54) is 29.4 Å². The van der Waals surface area contributed by atoms with Gasteiger partial charge in [-0.05, 0) is 17.5 Å². The van der Waals surface area contributed by atoms with E-state index in [4.69, 9.17) is 4.74 Å². The highest BCUT2D eigenvalue weighted by molar-refractivity contribution is 8.00. The Hall–Kier alpha value is -3.80. The minimum atomic E-state index is -1.62. The average Bonchev–Trinajstić information content (AvgIpc) is 3.18. The van der Waals surface area contributed by atoms with Gasteiger partial charge < -0.3 is 24.8 Å². The zero-order chi connectivity index (χ0) is 23.9. The number of fused-ring (bicyclic) bond motifs is 2. The Kier molecular flexibility index (Phi) is 5.85. The molecular formula is C21H19N3O8S. The van der Waals surface area contributed by atoms with E-state index < -0.39 is 47.2 Å². The number of hydrogen-bond acceptors (Lipinski definition) is 7. The Balaban J connectivity index is 1.55. The van der Waals surface area contributed by atoms with Gasteiger partial charge in [-0.3, -0.25) is 19.3 Å². The number of esters is 1. The van der Waals surface area contributed by atoms with Crippen LogP contribution in [0.5, 0.6) is 0 Å². The number of hydrogen-bond donors (Lipinski definition) is 3. The largest absolute Gasteiger partial charge is 0.479 e. The summed E-state index contributed by atoms with van der Waals surface area (Å²) >= 11 is 1.19.